The van der Waals surface area contributed by atoms with Crippen molar-refractivity contribution >= 4 is 37.7 Å². The van der Waals surface area contributed by atoms with E-state index in [4.69, 9.17) is 11.4 Å². The Bertz CT molecular complexity index is 65.7. The maximum atomic E-state index is 8.67. The Morgan fingerprint density at radius 2 is 1.50 bits per heavy atom. The van der Waals surface area contributed by atoms with Gasteiger partial charge in [-0.15, -0.1) is 0 Å². The van der Waals surface area contributed by atoms with Crippen LogP contribution in [0.5, 0.6) is 0 Å². The summed E-state index contributed by atoms with van der Waals surface area (Å²) in [5.41, 5.74) is 0. The third kappa shape index (κ3) is 54.9. The second kappa shape index (κ2) is 9.61. The van der Waals surface area contributed by atoms with Crippen LogP contribution in [-0.2, 0) is 22.7 Å². The van der Waals surface area contributed by atoms with E-state index in [1.54, 1.807) is 0 Å². The topological polar surface area (TPSA) is 89.4 Å². The molecule has 0 spiro atoms. The van der Waals surface area contributed by atoms with Crippen LogP contribution in [0.25, 0.3) is 0 Å². The standard InChI is InChI=1S/Ca.H3N.H2O.2O.V.2H/h;1H3;1H2;;;;;/q+2;;;;;+1;2*-1/p-1. The average molecular weight is 159 g/mol. The van der Waals surface area contributed by atoms with E-state index < -0.39 is 15.4 Å². The fraction of sp³-hybridized carbons (Fsp3) is 0. The molecular formula is H6CaNO3V. The average Bonchev–Trinajstić information content (AvgIpc) is 0.811. The molecule has 36 valence electrons. The molecule has 0 bridgehead atoms. The van der Waals surface area contributed by atoms with Crippen LogP contribution < -0.4 is 6.15 Å². The van der Waals surface area contributed by atoms with Gasteiger partial charge in [-0.05, 0) is 0 Å². The Balaban J connectivity index is -0.00000000750. The Morgan fingerprint density at radius 1 is 1.50 bits per heavy atom. The van der Waals surface area contributed by atoms with Crippen molar-refractivity contribution in [3.8, 4) is 0 Å². The van der Waals surface area contributed by atoms with Crippen molar-refractivity contribution in [1.82, 2.24) is 6.15 Å². The molecule has 0 aliphatic heterocycles. The van der Waals surface area contributed by atoms with Gasteiger partial charge in [-0.2, -0.15) is 0 Å². The molecule has 6 heavy (non-hydrogen) atoms. The molecule has 6 heteroatoms. The number of hydrogen-bond donors (Lipinski definition) is 2. The first-order chi connectivity index (χ1) is 1.73. The zero-order valence-electron chi connectivity index (χ0n) is 5.13. The molecule has 0 aromatic carbocycles. The molecule has 0 radical (unpaired) electrons. The quantitative estimate of drug-likeness (QED) is 0.453. The SMILES string of the molecule is N.[Ca+2].[H-].[H-].[O]=[V](=[O])[OH]. The van der Waals surface area contributed by atoms with E-state index in [0.717, 1.165) is 0 Å². The molecule has 0 atom stereocenters. The van der Waals surface area contributed by atoms with Crippen molar-refractivity contribution in [1.29, 1.82) is 0 Å². The van der Waals surface area contributed by atoms with Crippen molar-refractivity contribution in [2.24, 2.45) is 0 Å². The molecule has 0 unspecified atom stereocenters. The first kappa shape index (κ1) is 15.7. The van der Waals surface area contributed by atoms with E-state index >= 15 is 0 Å². The second-order valence-corrected chi connectivity index (χ2v) is 0.981. The van der Waals surface area contributed by atoms with Crippen LogP contribution in [0.4, 0.5) is 0 Å². The van der Waals surface area contributed by atoms with E-state index in [1.165, 1.54) is 0 Å². The fourth-order valence-corrected chi connectivity index (χ4v) is 0. The Labute approximate surface area is 72.8 Å². The molecule has 0 aromatic heterocycles. The number of rotatable bonds is 0. The van der Waals surface area contributed by atoms with E-state index in [-0.39, 0.29) is 46.7 Å². The van der Waals surface area contributed by atoms with Gasteiger partial charge in [0, 0.05) is 0 Å². The third-order valence-corrected chi connectivity index (χ3v) is 0. The molecule has 0 heterocycles. The molecule has 0 rings (SSSR count). The van der Waals surface area contributed by atoms with E-state index in [0.29, 0.717) is 0 Å². The summed E-state index contributed by atoms with van der Waals surface area (Å²) in [4.78, 5) is 0. The van der Waals surface area contributed by atoms with Crippen molar-refractivity contribution < 1.29 is 29.6 Å². The van der Waals surface area contributed by atoms with Gasteiger partial charge in [-0.25, -0.2) is 0 Å². The van der Waals surface area contributed by atoms with Crippen LogP contribution in [0.1, 0.15) is 2.85 Å². The van der Waals surface area contributed by atoms with Crippen LogP contribution >= 0.6 is 0 Å². The third-order valence-electron chi connectivity index (χ3n) is 0. The molecule has 0 amide bonds. The van der Waals surface area contributed by atoms with Gasteiger partial charge < -0.3 is 9.00 Å². The minimum absolute atomic E-state index is 0. The summed E-state index contributed by atoms with van der Waals surface area (Å²) in [7, 11) is 0. The predicted octanol–water partition coefficient (Wildman–Crippen LogP) is -0.791. The molecule has 4 nitrogen and oxygen atoms in total. The molecular weight excluding hydrogens is 153 g/mol. The minimum atomic E-state index is -3.69. The van der Waals surface area contributed by atoms with Crippen LogP contribution in [0, 0.1) is 0 Å². The second-order valence-electron chi connectivity index (χ2n) is 0.238. The van der Waals surface area contributed by atoms with Crippen molar-refractivity contribution in [3.63, 3.8) is 0 Å². The molecule has 0 saturated heterocycles. The predicted molar refractivity (Wildman–Crippen MR) is 16.6 cm³/mol. The summed E-state index contributed by atoms with van der Waals surface area (Å²) in [5, 5.41) is 0. The Kier molecular flexibility index (Phi) is 25.1. The van der Waals surface area contributed by atoms with Gasteiger partial charge in [0.2, 0.25) is 0 Å². The first-order valence-corrected chi connectivity index (χ1v) is 2.33. The summed E-state index contributed by atoms with van der Waals surface area (Å²) in [6, 6.07) is 0. The summed E-state index contributed by atoms with van der Waals surface area (Å²) in [6.45, 7) is 0. The van der Waals surface area contributed by atoms with Gasteiger partial charge in [0.25, 0.3) is 0 Å². The van der Waals surface area contributed by atoms with Gasteiger partial charge in [-0.3, -0.25) is 0 Å². The summed E-state index contributed by atoms with van der Waals surface area (Å²) >= 11 is -3.69. The molecule has 0 aromatic rings. The van der Waals surface area contributed by atoms with Gasteiger partial charge in [0.15, 0.2) is 0 Å². The van der Waals surface area contributed by atoms with Gasteiger partial charge in [0.05, 0.1) is 0 Å². The summed E-state index contributed by atoms with van der Waals surface area (Å²) in [5.74, 6) is 0. The van der Waals surface area contributed by atoms with Gasteiger partial charge >= 0.3 is 64.5 Å². The molecule has 0 aliphatic carbocycles. The summed E-state index contributed by atoms with van der Waals surface area (Å²) < 4.78 is 24.4. The van der Waals surface area contributed by atoms with Crippen molar-refractivity contribution in [3.05, 3.63) is 0 Å². The molecule has 0 fully saturated rings. The van der Waals surface area contributed by atoms with Crippen LogP contribution in [0.3, 0.4) is 0 Å². The van der Waals surface area contributed by atoms with Gasteiger partial charge in [0.1, 0.15) is 0 Å². The van der Waals surface area contributed by atoms with E-state index in [9.17, 15) is 0 Å². The monoisotopic (exact) mass is 159 g/mol. The Hall–Kier alpha value is 1.36. The Morgan fingerprint density at radius 3 is 1.50 bits per heavy atom. The fourth-order valence-electron chi connectivity index (χ4n) is 0. The van der Waals surface area contributed by atoms with E-state index in [1.807, 2.05) is 0 Å². The number of hydrogen-bond acceptors (Lipinski definition) is 3. The van der Waals surface area contributed by atoms with E-state index in [2.05, 4.69) is 0 Å². The zero-order valence-corrected chi connectivity index (χ0v) is 6.73. The molecule has 4 N–H and O–H groups in total. The first-order valence-electron chi connectivity index (χ1n) is 0.565. The van der Waals surface area contributed by atoms with Crippen LogP contribution in [-0.4, -0.2) is 41.8 Å². The van der Waals surface area contributed by atoms with Crippen LogP contribution in [0.2, 0.25) is 0 Å². The van der Waals surface area contributed by atoms with Crippen LogP contribution in [0.15, 0.2) is 0 Å². The maximum absolute atomic E-state index is 8.67. The normalized spacial score (nSPS) is 4.17. The van der Waals surface area contributed by atoms with Crippen molar-refractivity contribution in [2.75, 3.05) is 0 Å². The van der Waals surface area contributed by atoms with Crippen molar-refractivity contribution in [2.45, 2.75) is 0 Å². The molecule has 0 saturated carbocycles. The zero-order chi connectivity index (χ0) is 3.58. The summed E-state index contributed by atoms with van der Waals surface area (Å²) in [6.07, 6.45) is 0. The van der Waals surface area contributed by atoms with Gasteiger partial charge in [-0.1, -0.05) is 0 Å². The molecule has 0 aliphatic rings.